The summed E-state index contributed by atoms with van der Waals surface area (Å²) in [6, 6.07) is 0. The molecule has 76 valence electrons. The van der Waals surface area contributed by atoms with Crippen LogP contribution in [0.15, 0.2) is 0 Å². The normalized spacial score (nSPS) is 14.9. The number of carboxylic acid groups (broad SMARTS) is 1. The summed E-state index contributed by atoms with van der Waals surface area (Å²) in [5.74, 6) is -1.51. The summed E-state index contributed by atoms with van der Waals surface area (Å²) in [7, 11) is 0. The molecule has 0 radical (unpaired) electrons. The third-order valence-electron chi connectivity index (χ3n) is 1.87. The lowest BCUT2D eigenvalue weighted by atomic mass is 9.96. The molecule has 0 aliphatic carbocycles. The van der Waals surface area contributed by atoms with Crippen LogP contribution < -0.4 is 11.1 Å². The maximum absolute atomic E-state index is 10.8. The van der Waals surface area contributed by atoms with Crippen molar-refractivity contribution in [2.75, 3.05) is 6.54 Å². The summed E-state index contributed by atoms with van der Waals surface area (Å²) in [6.07, 6.45) is 1.20. The zero-order valence-electron chi connectivity index (χ0n) is 7.96. The Bertz CT molecular complexity index is 206. The van der Waals surface area contributed by atoms with E-state index < -0.39 is 17.4 Å². The predicted octanol–water partition coefficient (Wildman–Crippen LogP) is -0.295. The van der Waals surface area contributed by atoms with Crippen molar-refractivity contribution in [2.45, 2.75) is 32.2 Å². The number of nitrogens with one attached hydrogen (secondary N) is 1. The highest BCUT2D eigenvalue weighted by molar-refractivity contribution is 5.81. The number of hydrogen-bond acceptors (Lipinski definition) is 3. The highest BCUT2D eigenvalue weighted by atomic mass is 16.4. The topological polar surface area (TPSA) is 92.4 Å². The van der Waals surface area contributed by atoms with Crippen LogP contribution in [0.2, 0.25) is 0 Å². The molecular formula is C8H16N2O3. The summed E-state index contributed by atoms with van der Waals surface area (Å²) in [4.78, 5) is 21.2. The van der Waals surface area contributed by atoms with Gasteiger partial charge in [0.2, 0.25) is 5.91 Å². The Kier molecular flexibility index (Phi) is 4.40. The first-order valence-electron chi connectivity index (χ1n) is 4.19. The van der Waals surface area contributed by atoms with Crippen LogP contribution in [0, 0.1) is 0 Å². The number of nitrogens with two attached hydrogens (primary N) is 1. The number of aliphatic carboxylic acids is 1. The Morgan fingerprint density at radius 3 is 2.38 bits per heavy atom. The van der Waals surface area contributed by atoms with Gasteiger partial charge in [0, 0.05) is 0 Å². The minimum atomic E-state index is -1.05. The molecule has 0 saturated heterocycles. The van der Waals surface area contributed by atoms with Crippen molar-refractivity contribution in [3.8, 4) is 0 Å². The Labute approximate surface area is 77.3 Å². The fraction of sp³-hybridized carbons (Fsp3) is 0.750. The molecule has 1 atom stereocenters. The number of primary amides is 1. The van der Waals surface area contributed by atoms with E-state index in [0.29, 0.717) is 6.42 Å². The number of hydrogen-bond donors (Lipinski definition) is 3. The monoisotopic (exact) mass is 188 g/mol. The van der Waals surface area contributed by atoms with Crippen LogP contribution in [0.25, 0.3) is 0 Å². The molecule has 0 spiro atoms. The maximum atomic E-state index is 10.8. The van der Waals surface area contributed by atoms with Gasteiger partial charge >= 0.3 is 5.97 Å². The SMILES string of the molecule is CCCC(C)(NCC(N)=O)C(=O)O. The maximum Gasteiger partial charge on any atom is 0.323 e. The molecule has 1 amide bonds. The Morgan fingerprint density at radius 2 is 2.08 bits per heavy atom. The van der Waals surface area contributed by atoms with Crippen molar-refractivity contribution in [1.29, 1.82) is 0 Å². The van der Waals surface area contributed by atoms with Crippen molar-refractivity contribution in [1.82, 2.24) is 5.32 Å². The van der Waals surface area contributed by atoms with Gasteiger partial charge in [0.15, 0.2) is 0 Å². The van der Waals surface area contributed by atoms with Gasteiger partial charge in [-0.1, -0.05) is 13.3 Å². The van der Waals surface area contributed by atoms with Gasteiger partial charge < -0.3 is 10.8 Å². The van der Waals surface area contributed by atoms with Crippen molar-refractivity contribution in [3.05, 3.63) is 0 Å². The lowest BCUT2D eigenvalue weighted by molar-refractivity contribution is -0.144. The van der Waals surface area contributed by atoms with Gasteiger partial charge in [0.05, 0.1) is 6.54 Å². The number of carboxylic acids is 1. The third kappa shape index (κ3) is 3.89. The Hall–Kier alpha value is -1.10. The number of carbonyl (C=O) groups excluding carboxylic acids is 1. The number of amides is 1. The zero-order chi connectivity index (χ0) is 10.5. The molecule has 0 aliphatic rings. The van der Waals surface area contributed by atoms with E-state index in [1.165, 1.54) is 0 Å². The van der Waals surface area contributed by atoms with E-state index in [-0.39, 0.29) is 6.54 Å². The highest BCUT2D eigenvalue weighted by Crippen LogP contribution is 2.11. The summed E-state index contributed by atoms with van der Waals surface area (Å²) in [5, 5.41) is 11.5. The molecular weight excluding hydrogens is 172 g/mol. The smallest absolute Gasteiger partial charge is 0.323 e. The van der Waals surface area contributed by atoms with Crippen LogP contribution >= 0.6 is 0 Å². The molecule has 4 N–H and O–H groups in total. The molecule has 0 bridgehead atoms. The third-order valence-corrected chi connectivity index (χ3v) is 1.87. The summed E-state index contributed by atoms with van der Waals surface area (Å²) >= 11 is 0. The first kappa shape index (κ1) is 11.9. The van der Waals surface area contributed by atoms with Crippen molar-refractivity contribution < 1.29 is 14.7 Å². The lowest BCUT2D eigenvalue weighted by Crippen LogP contribution is -2.52. The molecule has 5 nitrogen and oxygen atoms in total. The molecule has 0 fully saturated rings. The first-order valence-corrected chi connectivity index (χ1v) is 4.19. The average Bonchev–Trinajstić information content (AvgIpc) is 2.01. The second kappa shape index (κ2) is 4.81. The van der Waals surface area contributed by atoms with E-state index in [9.17, 15) is 9.59 Å². The molecule has 13 heavy (non-hydrogen) atoms. The van der Waals surface area contributed by atoms with E-state index in [2.05, 4.69) is 5.32 Å². The highest BCUT2D eigenvalue weighted by Gasteiger charge is 2.31. The second-order valence-electron chi connectivity index (χ2n) is 3.21. The molecule has 0 rings (SSSR count). The Morgan fingerprint density at radius 1 is 1.54 bits per heavy atom. The molecule has 0 aromatic heterocycles. The van der Waals surface area contributed by atoms with Gasteiger partial charge in [-0.3, -0.25) is 14.9 Å². The lowest BCUT2D eigenvalue weighted by Gasteiger charge is -2.24. The van der Waals surface area contributed by atoms with Gasteiger partial charge in [-0.25, -0.2) is 0 Å². The van der Waals surface area contributed by atoms with Crippen LogP contribution in [0.1, 0.15) is 26.7 Å². The fourth-order valence-electron chi connectivity index (χ4n) is 1.05. The Balaban J connectivity index is 4.24. The van der Waals surface area contributed by atoms with Crippen LogP contribution in [-0.2, 0) is 9.59 Å². The quantitative estimate of drug-likeness (QED) is 0.533. The number of rotatable bonds is 6. The van der Waals surface area contributed by atoms with Gasteiger partial charge in [0.1, 0.15) is 5.54 Å². The van der Waals surface area contributed by atoms with E-state index in [1.807, 2.05) is 6.92 Å². The molecule has 0 aromatic rings. The number of carbonyl (C=O) groups is 2. The van der Waals surface area contributed by atoms with Gasteiger partial charge in [-0.15, -0.1) is 0 Å². The molecule has 1 unspecified atom stereocenters. The van der Waals surface area contributed by atoms with Crippen molar-refractivity contribution >= 4 is 11.9 Å². The predicted molar refractivity (Wildman–Crippen MR) is 48.1 cm³/mol. The van der Waals surface area contributed by atoms with Crippen LogP contribution in [0.3, 0.4) is 0 Å². The van der Waals surface area contributed by atoms with E-state index >= 15 is 0 Å². The minimum absolute atomic E-state index is 0.108. The zero-order valence-corrected chi connectivity index (χ0v) is 7.96. The average molecular weight is 188 g/mol. The molecule has 0 saturated carbocycles. The largest absolute Gasteiger partial charge is 0.480 e. The van der Waals surface area contributed by atoms with E-state index in [1.54, 1.807) is 6.92 Å². The second-order valence-corrected chi connectivity index (χ2v) is 3.21. The molecule has 0 heterocycles. The van der Waals surface area contributed by atoms with Gasteiger partial charge in [0.25, 0.3) is 0 Å². The van der Waals surface area contributed by atoms with Gasteiger partial charge in [-0.2, -0.15) is 0 Å². The molecule has 0 aromatic carbocycles. The van der Waals surface area contributed by atoms with Crippen molar-refractivity contribution in [2.24, 2.45) is 5.73 Å². The van der Waals surface area contributed by atoms with Crippen LogP contribution in [-0.4, -0.2) is 29.1 Å². The standard InChI is InChI=1S/C8H16N2O3/c1-3-4-8(2,7(12)13)10-5-6(9)11/h10H,3-5H2,1-2H3,(H2,9,11)(H,12,13). The summed E-state index contributed by atoms with van der Waals surface area (Å²) in [6.45, 7) is 3.32. The van der Waals surface area contributed by atoms with Crippen molar-refractivity contribution in [3.63, 3.8) is 0 Å². The fourth-order valence-corrected chi connectivity index (χ4v) is 1.05. The first-order chi connectivity index (χ1) is 5.92. The summed E-state index contributed by atoms with van der Waals surface area (Å²) < 4.78 is 0. The molecule has 0 aliphatic heterocycles. The van der Waals surface area contributed by atoms with E-state index in [0.717, 1.165) is 6.42 Å². The van der Waals surface area contributed by atoms with Gasteiger partial charge in [-0.05, 0) is 13.3 Å². The van der Waals surface area contributed by atoms with E-state index in [4.69, 9.17) is 10.8 Å². The molecule has 5 heteroatoms. The minimum Gasteiger partial charge on any atom is -0.480 e. The summed E-state index contributed by atoms with van der Waals surface area (Å²) in [5.41, 5.74) is 3.85. The van der Waals surface area contributed by atoms with Crippen LogP contribution in [0.5, 0.6) is 0 Å². The van der Waals surface area contributed by atoms with Crippen LogP contribution in [0.4, 0.5) is 0 Å².